The molecule has 3 heteroatoms. The number of aromatic nitrogens is 1. The smallest absolute Gasteiger partial charge is 0.100 e. The van der Waals surface area contributed by atoms with E-state index >= 15 is 0 Å². The molecule has 1 aliphatic carbocycles. The van der Waals surface area contributed by atoms with E-state index in [1.807, 2.05) is 11.6 Å². The highest BCUT2D eigenvalue weighted by Gasteiger charge is 2.40. The molecule has 3 unspecified atom stereocenters. The van der Waals surface area contributed by atoms with Crippen molar-refractivity contribution in [3.05, 3.63) is 40.9 Å². The number of nitrogens with zero attached hydrogens (tertiary/aromatic N) is 1. The zero-order chi connectivity index (χ0) is 12.3. The maximum Gasteiger partial charge on any atom is 0.100 e. The lowest BCUT2D eigenvalue weighted by molar-refractivity contribution is 0.0122. The Morgan fingerprint density at radius 1 is 1.53 bits per heavy atom. The van der Waals surface area contributed by atoms with Crippen LogP contribution in [0.5, 0.6) is 0 Å². The number of ether oxygens (including phenoxy) is 1. The van der Waals surface area contributed by atoms with Crippen LogP contribution in [0.15, 0.2) is 35.9 Å². The van der Waals surface area contributed by atoms with Gasteiger partial charge in [-0.15, -0.1) is 11.3 Å². The van der Waals surface area contributed by atoms with Gasteiger partial charge in [0.25, 0.3) is 0 Å². The monoisotopic (exact) mass is 249 g/mol. The van der Waals surface area contributed by atoms with Gasteiger partial charge in [-0.25, -0.2) is 4.98 Å². The molecule has 1 aromatic heterocycles. The van der Waals surface area contributed by atoms with Gasteiger partial charge in [-0.2, -0.15) is 0 Å². The largest absolute Gasteiger partial charge is 0.381 e. The van der Waals surface area contributed by atoms with Crippen molar-refractivity contribution in [3.8, 4) is 0 Å². The Labute approximate surface area is 107 Å². The van der Waals surface area contributed by atoms with Crippen LogP contribution in [-0.4, -0.2) is 18.2 Å². The van der Waals surface area contributed by atoms with Crippen molar-refractivity contribution < 1.29 is 4.74 Å². The summed E-state index contributed by atoms with van der Waals surface area (Å²) >= 11 is 1.72. The van der Waals surface area contributed by atoms with Gasteiger partial charge in [-0.3, -0.25) is 0 Å². The van der Waals surface area contributed by atoms with Crippen molar-refractivity contribution in [1.29, 1.82) is 0 Å². The van der Waals surface area contributed by atoms with Crippen molar-refractivity contribution in [2.24, 2.45) is 5.41 Å². The third kappa shape index (κ3) is 2.22. The molecular formula is C14H19NOS. The minimum atomic E-state index is -0.00387. The lowest BCUT2D eigenvalue weighted by atomic mass is 9.70. The third-order valence-electron chi connectivity index (χ3n) is 3.61. The molecule has 0 fully saturated rings. The second-order valence-corrected chi connectivity index (χ2v) is 5.52. The molecule has 3 atom stereocenters. The highest BCUT2D eigenvalue weighted by molar-refractivity contribution is 7.09. The lowest BCUT2D eigenvalue weighted by Gasteiger charge is -2.39. The summed E-state index contributed by atoms with van der Waals surface area (Å²) in [5, 5.41) is 3.21. The van der Waals surface area contributed by atoms with E-state index in [-0.39, 0.29) is 11.5 Å². The zero-order valence-electron chi connectivity index (χ0n) is 10.6. The summed E-state index contributed by atoms with van der Waals surface area (Å²) in [4.78, 5) is 4.46. The molecule has 0 radical (unpaired) electrons. The topological polar surface area (TPSA) is 22.1 Å². The van der Waals surface area contributed by atoms with Crippen LogP contribution < -0.4 is 0 Å². The summed E-state index contributed by atoms with van der Waals surface area (Å²) < 4.78 is 5.66. The highest BCUT2D eigenvalue weighted by Crippen LogP contribution is 2.45. The number of rotatable bonds is 4. The maximum absolute atomic E-state index is 5.66. The molecule has 2 rings (SSSR count). The van der Waals surface area contributed by atoms with E-state index in [0.29, 0.717) is 5.92 Å². The van der Waals surface area contributed by atoms with Crippen LogP contribution in [0.1, 0.15) is 31.2 Å². The van der Waals surface area contributed by atoms with Crippen LogP contribution in [-0.2, 0) is 4.74 Å². The Kier molecular flexibility index (Phi) is 3.79. The molecule has 0 bridgehead atoms. The van der Waals surface area contributed by atoms with Crippen LogP contribution in [0.3, 0.4) is 0 Å². The summed E-state index contributed by atoms with van der Waals surface area (Å²) in [7, 11) is 1.80. The standard InChI is InChI=1S/C14H19NOS/c1-4-12(16-3)14(2)8-6-5-7-11(14)13-15-9-10-17-13/h5-12H,4H2,1-3H3. The summed E-state index contributed by atoms with van der Waals surface area (Å²) in [5.74, 6) is 0.317. The van der Waals surface area contributed by atoms with Crippen LogP contribution in [0.4, 0.5) is 0 Å². The molecule has 92 valence electrons. The summed E-state index contributed by atoms with van der Waals surface area (Å²) in [5.41, 5.74) is -0.00387. The van der Waals surface area contributed by atoms with Gasteiger partial charge < -0.3 is 4.74 Å². The zero-order valence-corrected chi connectivity index (χ0v) is 11.4. The number of hydrogen-bond donors (Lipinski definition) is 0. The minimum Gasteiger partial charge on any atom is -0.381 e. The van der Waals surface area contributed by atoms with Gasteiger partial charge in [0.15, 0.2) is 0 Å². The van der Waals surface area contributed by atoms with E-state index in [4.69, 9.17) is 4.74 Å². The van der Waals surface area contributed by atoms with Crippen LogP contribution >= 0.6 is 11.3 Å². The van der Waals surface area contributed by atoms with Crippen molar-refractivity contribution in [1.82, 2.24) is 4.98 Å². The quantitative estimate of drug-likeness (QED) is 0.810. The Hall–Kier alpha value is -0.930. The van der Waals surface area contributed by atoms with Crippen molar-refractivity contribution in [2.75, 3.05) is 7.11 Å². The van der Waals surface area contributed by atoms with E-state index in [1.165, 1.54) is 5.01 Å². The Morgan fingerprint density at radius 2 is 2.35 bits per heavy atom. The second kappa shape index (κ2) is 5.15. The van der Waals surface area contributed by atoms with Gasteiger partial charge in [0.05, 0.1) is 6.10 Å². The summed E-state index contributed by atoms with van der Waals surface area (Å²) in [6.45, 7) is 4.43. The first kappa shape index (κ1) is 12.5. The molecule has 0 aliphatic heterocycles. The fraction of sp³-hybridized carbons (Fsp3) is 0.500. The first-order valence-electron chi connectivity index (χ1n) is 6.00. The fourth-order valence-electron chi connectivity index (χ4n) is 2.65. The molecule has 1 aromatic rings. The molecule has 0 spiro atoms. The molecule has 1 aliphatic rings. The molecule has 0 amide bonds. The van der Waals surface area contributed by atoms with Crippen molar-refractivity contribution in [3.63, 3.8) is 0 Å². The fourth-order valence-corrected chi connectivity index (χ4v) is 3.52. The molecule has 0 aromatic carbocycles. The lowest BCUT2D eigenvalue weighted by Crippen LogP contribution is -2.37. The first-order chi connectivity index (χ1) is 8.22. The number of allylic oxidation sites excluding steroid dienone is 3. The number of thiazole rings is 1. The van der Waals surface area contributed by atoms with Gasteiger partial charge in [0.1, 0.15) is 5.01 Å². The van der Waals surface area contributed by atoms with E-state index in [2.05, 4.69) is 43.1 Å². The molecule has 0 saturated carbocycles. The van der Waals surface area contributed by atoms with Gasteiger partial charge >= 0.3 is 0 Å². The molecule has 1 heterocycles. The van der Waals surface area contributed by atoms with E-state index in [0.717, 1.165) is 6.42 Å². The number of hydrogen-bond acceptors (Lipinski definition) is 3. The SMILES string of the molecule is CCC(OC)C1(C)C=CC=CC1c1nccs1. The van der Waals surface area contributed by atoms with Crippen LogP contribution in [0.2, 0.25) is 0 Å². The van der Waals surface area contributed by atoms with E-state index in [1.54, 1.807) is 18.4 Å². The average molecular weight is 249 g/mol. The maximum atomic E-state index is 5.66. The van der Waals surface area contributed by atoms with Gasteiger partial charge in [-0.05, 0) is 6.42 Å². The molecule has 17 heavy (non-hydrogen) atoms. The first-order valence-corrected chi connectivity index (χ1v) is 6.88. The van der Waals surface area contributed by atoms with Crippen molar-refractivity contribution >= 4 is 11.3 Å². The summed E-state index contributed by atoms with van der Waals surface area (Å²) in [6, 6.07) is 0. The number of methoxy groups -OCH3 is 1. The van der Waals surface area contributed by atoms with Gasteiger partial charge in [0.2, 0.25) is 0 Å². The Morgan fingerprint density at radius 3 is 2.94 bits per heavy atom. The van der Waals surface area contributed by atoms with Crippen LogP contribution in [0.25, 0.3) is 0 Å². The average Bonchev–Trinajstić information content (AvgIpc) is 2.84. The predicted molar refractivity (Wildman–Crippen MR) is 72.3 cm³/mol. The van der Waals surface area contributed by atoms with Crippen LogP contribution in [0, 0.1) is 5.41 Å². The van der Waals surface area contributed by atoms with E-state index in [9.17, 15) is 0 Å². The predicted octanol–water partition coefficient (Wildman–Crippen LogP) is 3.78. The normalized spacial score (nSPS) is 29.5. The molecule has 2 nitrogen and oxygen atoms in total. The third-order valence-corrected chi connectivity index (χ3v) is 4.47. The Balaban J connectivity index is 2.36. The van der Waals surface area contributed by atoms with E-state index < -0.39 is 0 Å². The molecule has 0 N–H and O–H groups in total. The van der Waals surface area contributed by atoms with Crippen molar-refractivity contribution in [2.45, 2.75) is 32.3 Å². The molecular weight excluding hydrogens is 230 g/mol. The van der Waals surface area contributed by atoms with Gasteiger partial charge in [-0.1, -0.05) is 38.2 Å². The second-order valence-electron chi connectivity index (χ2n) is 4.59. The Bertz CT molecular complexity index is 406. The van der Waals surface area contributed by atoms with Gasteiger partial charge in [0, 0.05) is 30.0 Å². The minimum absolute atomic E-state index is 0.00387. The highest BCUT2D eigenvalue weighted by atomic mass is 32.1. The molecule has 0 saturated heterocycles. The summed E-state index contributed by atoms with van der Waals surface area (Å²) in [6.07, 6.45) is 11.8.